The molecular formula is C14H18FNO3S. The van der Waals surface area contributed by atoms with Crippen LogP contribution in [0.25, 0.3) is 0 Å². The first-order valence-corrected chi connectivity index (χ1v) is 8.11. The van der Waals surface area contributed by atoms with E-state index in [0.717, 1.165) is 12.0 Å². The van der Waals surface area contributed by atoms with Gasteiger partial charge < -0.3 is 4.90 Å². The number of carbonyl (C=O) groups is 1. The van der Waals surface area contributed by atoms with Gasteiger partial charge in [-0.05, 0) is 30.0 Å². The van der Waals surface area contributed by atoms with Gasteiger partial charge in [-0.25, -0.2) is 0 Å². The van der Waals surface area contributed by atoms with Crippen LogP contribution in [0.2, 0.25) is 0 Å². The van der Waals surface area contributed by atoms with Gasteiger partial charge in [0.1, 0.15) is 5.25 Å². The molecule has 1 aromatic rings. The highest BCUT2D eigenvalue weighted by Gasteiger charge is 2.38. The molecule has 0 saturated carbocycles. The van der Waals surface area contributed by atoms with E-state index in [0.29, 0.717) is 11.6 Å². The number of nitrogens with zero attached hydrogens (tertiary/aromatic N) is 1. The van der Waals surface area contributed by atoms with Crippen molar-refractivity contribution in [2.75, 3.05) is 11.4 Å². The molecule has 2 unspecified atom stereocenters. The first-order chi connectivity index (χ1) is 9.32. The molecule has 1 aliphatic heterocycles. The second-order valence-corrected chi connectivity index (χ2v) is 6.82. The van der Waals surface area contributed by atoms with Crippen LogP contribution in [-0.4, -0.2) is 26.1 Å². The Morgan fingerprint density at radius 2 is 1.95 bits per heavy atom. The van der Waals surface area contributed by atoms with Gasteiger partial charge in [0, 0.05) is 18.7 Å². The molecule has 1 heterocycles. The Morgan fingerprint density at radius 3 is 2.40 bits per heavy atom. The maximum Gasteiger partial charge on any atom is 0.307 e. The quantitative estimate of drug-likeness (QED) is 0.803. The van der Waals surface area contributed by atoms with Crippen LogP contribution in [0.1, 0.15) is 38.2 Å². The molecular weight excluding hydrogens is 281 g/mol. The Labute approximate surface area is 118 Å². The summed E-state index contributed by atoms with van der Waals surface area (Å²) in [6.07, 6.45) is 0.732. The first kappa shape index (κ1) is 15.0. The minimum Gasteiger partial charge on any atom is -0.311 e. The van der Waals surface area contributed by atoms with Crippen molar-refractivity contribution in [2.24, 2.45) is 0 Å². The van der Waals surface area contributed by atoms with E-state index < -0.39 is 15.5 Å². The fraction of sp³-hybridized carbons (Fsp3) is 0.500. The van der Waals surface area contributed by atoms with Gasteiger partial charge in [-0.15, -0.1) is 3.89 Å². The second kappa shape index (κ2) is 5.52. The molecule has 0 bridgehead atoms. The Kier molecular flexibility index (Phi) is 4.13. The fourth-order valence-corrected chi connectivity index (χ4v) is 3.00. The summed E-state index contributed by atoms with van der Waals surface area (Å²) >= 11 is 0. The summed E-state index contributed by atoms with van der Waals surface area (Å²) in [5.41, 5.74) is 1.78. The number of rotatable bonds is 4. The molecule has 1 fully saturated rings. The topological polar surface area (TPSA) is 54.5 Å². The van der Waals surface area contributed by atoms with Crippen molar-refractivity contribution >= 4 is 21.8 Å². The molecule has 0 aliphatic carbocycles. The zero-order chi connectivity index (χ0) is 14.9. The van der Waals surface area contributed by atoms with Crippen LogP contribution in [-0.2, 0) is 15.0 Å². The number of hydrogen-bond acceptors (Lipinski definition) is 3. The standard InChI is InChI=1S/C14H18FNO3S/c1-3-10(2)11-4-6-12(7-5-11)16-9-13(8-14(16)17)20(15,18)19/h4-7,10,13H,3,8-9H2,1-2H3. The molecule has 6 heteroatoms. The predicted octanol–water partition coefficient (Wildman–Crippen LogP) is 2.60. The van der Waals surface area contributed by atoms with Gasteiger partial charge in [0.05, 0.1) is 0 Å². The van der Waals surface area contributed by atoms with Crippen molar-refractivity contribution in [2.45, 2.75) is 37.9 Å². The number of halogens is 1. The number of benzene rings is 1. The average Bonchev–Trinajstić information content (AvgIpc) is 2.80. The fourth-order valence-electron chi connectivity index (χ4n) is 2.33. The highest BCUT2D eigenvalue weighted by molar-refractivity contribution is 7.87. The van der Waals surface area contributed by atoms with Crippen LogP contribution < -0.4 is 4.90 Å². The van der Waals surface area contributed by atoms with Crippen molar-refractivity contribution in [3.63, 3.8) is 0 Å². The van der Waals surface area contributed by atoms with E-state index in [1.165, 1.54) is 4.90 Å². The second-order valence-electron chi connectivity index (χ2n) is 5.21. The van der Waals surface area contributed by atoms with Crippen LogP contribution >= 0.6 is 0 Å². The third-order valence-corrected chi connectivity index (χ3v) is 4.99. The maximum absolute atomic E-state index is 13.0. The summed E-state index contributed by atoms with van der Waals surface area (Å²) in [6, 6.07) is 7.42. The molecule has 1 amide bonds. The summed E-state index contributed by atoms with van der Waals surface area (Å²) in [5.74, 6) is 0.0739. The van der Waals surface area contributed by atoms with E-state index in [1.807, 2.05) is 12.1 Å². The maximum atomic E-state index is 13.0. The van der Waals surface area contributed by atoms with Gasteiger partial charge in [0.25, 0.3) is 0 Å². The molecule has 0 spiro atoms. The Morgan fingerprint density at radius 1 is 1.35 bits per heavy atom. The Hall–Kier alpha value is -1.43. The lowest BCUT2D eigenvalue weighted by Crippen LogP contribution is -2.26. The zero-order valence-electron chi connectivity index (χ0n) is 11.5. The van der Waals surface area contributed by atoms with Crippen molar-refractivity contribution in [3.8, 4) is 0 Å². The van der Waals surface area contributed by atoms with Crippen LogP contribution in [0.3, 0.4) is 0 Å². The molecule has 4 nitrogen and oxygen atoms in total. The molecule has 1 aliphatic rings. The van der Waals surface area contributed by atoms with Gasteiger partial charge >= 0.3 is 10.2 Å². The molecule has 1 saturated heterocycles. The summed E-state index contributed by atoms with van der Waals surface area (Å²) in [7, 11) is -4.66. The van der Waals surface area contributed by atoms with Gasteiger partial charge in [-0.2, -0.15) is 8.42 Å². The first-order valence-electron chi connectivity index (χ1n) is 6.66. The predicted molar refractivity (Wildman–Crippen MR) is 75.9 cm³/mol. The highest BCUT2D eigenvalue weighted by Crippen LogP contribution is 2.27. The molecule has 2 atom stereocenters. The SMILES string of the molecule is CCC(C)c1ccc(N2CC(S(=O)(=O)F)CC2=O)cc1. The summed E-state index contributed by atoms with van der Waals surface area (Å²) in [5, 5.41) is -1.25. The van der Waals surface area contributed by atoms with Crippen molar-refractivity contribution < 1.29 is 17.1 Å². The van der Waals surface area contributed by atoms with Crippen molar-refractivity contribution in [1.82, 2.24) is 0 Å². The van der Waals surface area contributed by atoms with E-state index >= 15 is 0 Å². The normalized spacial score (nSPS) is 21.2. The van der Waals surface area contributed by atoms with E-state index in [1.54, 1.807) is 12.1 Å². The van der Waals surface area contributed by atoms with Gasteiger partial charge in [0.15, 0.2) is 0 Å². The summed E-state index contributed by atoms with van der Waals surface area (Å²) < 4.78 is 34.8. The summed E-state index contributed by atoms with van der Waals surface area (Å²) in [4.78, 5) is 13.1. The third-order valence-electron chi connectivity index (χ3n) is 3.87. The molecule has 20 heavy (non-hydrogen) atoms. The summed E-state index contributed by atoms with van der Waals surface area (Å²) in [6.45, 7) is 4.10. The minimum absolute atomic E-state index is 0.111. The monoisotopic (exact) mass is 299 g/mol. The largest absolute Gasteiger partial charge is 0.311 e. The van der Waals surface area contributed by atoms with E-state index in [-0.39, 0.29) is 18.9 Å². The van der Waals surface area contributed by atoms with Gasteiger partial charge in [-0.3, -0.25) is 4.79 Å². The van der Waals surface area contributed by atoms with Crippen molar-refractivity contribution in [1.29, 1.82) is 0 Å². The third kappa shape index (κ3) is 3.00. The Bertz CT molecular complexity index is 597. The molecule has 1 aromatic carbocycles. The van der Waals surface area contributed by atoms with Crippen LogP contribution in [0.4, 0.5) is 9.57 Å². The Balaban J connectivity index is 2.18. The molecule has 0 radical (unpaired) electrons. The van der Waals surface area contributed by atoms with E-state index in [9.17, 15) is 17.1 Å². The highest BCUT2D eigenvalue weighted by atomic mass is 32.3. The minimum atomic E-state index is -4.66. The lowest BCUT2D eigenvalue weighted by molar-refractivity contribution is -0.117. The van der Waals surface area contributed by atoms with E-state index in [4.69, 9.17) is 0 Å². The lowest BCUT2D eigenvalue weighted by atomic mass is 9.98. The molecule has 0 aromatic heterocycles. The van der Waals surface area contributed by atoms with Gasteiger partial charge in [0.2, 0.25) is 5.91 Å². The smallest absolute Gasteiger partial charge is 0.307 e. The molecule has 2 rings (SSSR count). The number of hydrogen-bond donors (Lipinski definition) is 0. The average molecular weight is 299 g/mol. The van der Waals surface area contributed by atoms with Crippen LogP contribution in [0, 0.1) is 0 Å². The molecule has 0 N–H and O–H groups in total. The number of carbonyl (C=O) groups excluding carboxylic acids is 1. The van der Waals surface area contributed by atoms with E-state index in [2.05, 4.69) is 13.8 Å². The lowest BCUT2D eigenvalue weighted by Gasteiger charge is -2.17. The number of amides is 1. The number of anilines is 1. The van der Waals surface area contributed by atoms with Crippen LogP contribution in [0.5, 0.6) is 0 Å². The van der Waals surface area contributed by atoms with Crippen LogP contribution in [0.15, 0.2) is 24.3 Å². The van der Waals surface area contributed by atoms with Gasteiger partial charge in [-0.1, -0.05) is 26.0 Å². The zero-order valence-corrected chi connectivity index (χ0v) is 12.4. The van der Waals surface area contributed by atoms with Crippen molar-refractivity contribution in [3.05, 3.63) is 29.8 Å². The molecule has 110 valence electrons.